The topological polar surface area (TPSA) is 25.8 Å². The van der Waals surface area contributed by atoms with Crippen molar-refractivity contribution in [2.75, 3.05) is 0 Å². The average Bonchev–Trinajstić information content (AvgIpc) is 2.29. The van der Waals surface area contributed by atoms with E-state index in [9.17, 15) is 0 Å². The maximum atomic E-state index is 5.90. The van der Waals surface area contributed by atoms with E-state index in [0.29, 0.717) is 9.89 Å². The molecule has 0 aliphatic heterocycles. The van der Waals surface area contributed by atoms with E-state index in [4.69, 9.17) is 11.6 Å². The first-order chi connectivity index (χ1) is 5.66. The molecule has 12 heavy (non-hydrogen) atoms. The quantitative estimate of drug-likeness (QED) is 0.399. The number of halogens is 3. The van der Waals surface area contributed by atoms with E-state index in [1.165, 1.54) is 0 Å². The maximum absolute atomic E-state index is 5.90. The maximum Gasteiger partial charge on any atom is 0.199 e. The molecule has 2 nitrogen and oxygen atoms in total. The molecule has 0 N–H and O–H groups in total. The predicted octanol–water partition coefficient (Wildman–Crippen LogP) is 3.71. The first-order valence-corrected chi connectivity index (χ1v) is 6.01. The molecule has 0 aliphatic rings. The summed E-state index contributed by atoms with van der Waals surface area (Å²) in [7, 11) is 0. The normalized spacial score (nSPS) is 10.9. The van der Waals surface area contributed by atoms with Gasteiger partial charge in [0.05, 0.1) is 2.88 Å². The minimum Gasteiger partial charge on any atom is -0.211 e. The fourth-order valence-corrected chi connectivity index (χ4v) is 3.38. The number of aromatic nitrogens is 2. The second kappa shape index (κ2) is 3.36. The van der Waals surface area contributed by atoms with Gasteiger partial charge in [-0.25, -0.2) is 9.97 Å². The number of nitrogens with zero attached hydrogens (tertiary/aromatic N) is 2. The van der Waals surface area contributed by atoms with Crippen LogP contribution in [0.15, 0.2) is 10.8 Å². The Morgan fingerprint density at radius 1 is 1.50 bits per heavy atom. The third kappa shape index (κ3) is 1.59. The van der Waals surface area contributed by atoms with E-state index in [0.717, 1.165) is 13.1 Å². The molecule has 0 atom stereocenters. The highest BCUT2D eigenvalue weighted by Gasteiger charge is 2.07. The van der Waals surface area contributed by atoms with Crippen LogP contribution in [-0.2, 0) is 0 Å². The van der Waals surface area contributed by atoms with E-state index in [1.54, 1.807) is 11.3 Å². The molecule has 62 valence electrons. The molecule has 0 amide bonds. The molecule has 2 aromatic heterocycles. The molecule has 2 heterocycles. The van der Waals surface area contributed by atoms with Gasteiger partial charge in [-0.15, -0.1) is 11.3 Å². The Morgan fingerprint density at radius 3 is 3.00 bits per heavy atom. The Bertz CT molecular complexity index is 444. The zero-order valence-corrected chi connectivity index (χ0v) is 10.8. The van der Waals surface area contributed by atoms with Gasteiger partial charge in [-0.2, -0.15) is 0 Å². The second-order valence-corrected chi connectivity index (χ2v) is 6.04. The highest BCUT2D eigenvalue weighted by Crippen LogP contribution is 2.30. The number of hydrogen-bond acceptors (Lipinski definition) is 3. The van der Waals surface area contributed by atoms with Crippen LogP contribution in [0, 0.1) is 2.88 Å². The van der Waals surface area contributed by atoms with Crippen LogP contribution in [0.25, 0.3) is 10.2 Å². The lowest BCUT2D eigenvalue weighted by Gasteiger charge is -1.92. The smallest absolute Gasteiger partial charge is 0.199 e. The van der Waals surface area contributed by atoms with E-state index in [2.05, 4.69) is 48.5 Å². The van der Waals surface area contributed by atoms with Crippen molar-refractivity contribution >= 4 is 71.7 Å². The molecule has 0 saturated heterocycles. The number of rotatable bonds is 0. The van der Waals surface area contributed by atoms with Gasteiger partial charge in [0.1, 0.15) is 9.98 Å². The van der Waals surface area contributed by atoms with Crippen LogP contribution < -0.4 is 0 Å². The first kappa shape index (κ1) is 9.11. The van der Waals surface area contributed by atoms with Crippen molar-refractivity contribution in [2.24, 2.45) is 0 Å². The molecule has 0 unspecified atom stereocenters. The van der Waals surface area contributed by atoms with Crippen LogP contribution in [0.3, 0.4) is 0 Å². The van der Waals surface area contributed by atoms with Crippen LogP contribution in [0.2, 0.25) is 5.15 Å². The van der Waals surface area contributed by atoms with Crippen molar-refractivity contribution in [3.05, 3.63) is 18.8 Å². The highest BCUT2D eigenvalue weighted by molar-refractivity contribution is 14.1. The Balaban J connectivity index is 2.88. The summed E-state index contributed by atoms with van der Waals surface area (Å²) in [5.41, 5.74) is 0. The molecule has 0 aromatic carbocycles. The molecule has 6 heteroatoms. The fourth-order valence-electron chi connectivity index (χ4n) is 0.833. The van der Waals surface area contributed by atoms with Crippen molar-refractivity contribution in [1.82, 2.24) is 9.97 Å². The summed E-state index contributed by atoms with van der Waals surface area (Å²) in [4.78, 5) is 9.10. The van der Waals surface area contributed by atoms with Gasteiger partial charge >= 0.3 is 0 Å². The first-order valence-electron chi connectivity index (χ1n) is 2.95. The molecular formula is C6HBrClIN2S. The van der Waals surface area contributed by atoms with Gasteiger partial charge in [-0.05, 0) is 44.6 Å². The lowest BCUT2D eigenvalue weighted by Crippen LogP contribution is -1.81. The largest absolute Gasteiger partial charge is 0.211 e. The molecule has 0 spiro atoms. The molecule has 0 radical (unpaired) electrons. The standard InChI is InChI=1S/C6HBrClIN2S/c7-6-10-4(8)2-1-3(9)12-5(2)11-6/h1H. The minimum atomic E-state index is 0.506. The Labute approximate surface area is 99.6 Å². The van der Waals surface area contributed by atoms with Gasteiger partial charge in [-0.1, -0.05) is 11.6 Å². The van der Waals surface area contributed by atoms with E-state index >= 15 is 0 Å². The van der Waals surface area contributed by atoms with Crippen LogP contribution in [0.5, 0.6) is 0 Å². The summed E-state index contributed by atoms with van der Waals surface area (Å²) < 4.78 is 1.70. The Hall–Kier alpha value is 0.540. The zero-order valence-electron chi connectivity index (χ0n) is 5.51. The number of thiophene rings is 1. The monoisotopic (exact) mass is 374 g/mol. The highest BCUT2D eigenvalue weighted by atomic mass is 127. The summed E-state index contributed by atoms with van der Waals surface area (Å²) in [5.74, 6) is 0. The van der Waals surface area contributed by atoms with Gasteiger partial charge < -0.3 is 0 Å². The van der Waals surface area contributed by atoms with Crippen LogP contribution in [-0.4, -0.2) is 9.97 Å². The van der Waals surface area contributed by atoms with Gasteiger partial charge in [0.15, 0.2) is 4.73 Å². The van der Waals surface area contributed by atoms with Gasteiger partial charge in [-0.3, -0.25) is 0 Å². The molecule has 0 saturated carbocycles. The van der Waals surface area contributed by atoms with Crippen LogP contribution in [0.4, 0.5) is 0 Å². The zero-order chi connectivity index (χ0) is 8.72. The molecule has 0 fully saturated rings. The molecular weight excluding hydrogens is 374 g/mol. The summed E-state index contributed by atoms with van der Waals surface area (Å²) in [6, 6.07) is 1.98. The van der Waals surface area contributed by atoms with Crippen LogP contribution in [0.1, 0.15) is 0 Å². The van der Waals surface area contributed by atoms with Crippen molar-refractivity contribution in [2.45, 2.75) is 0 Å². The van der Waals surface area contributed by atoms with E-state index in [1.807, 2.05) is 6.07 Å². The SMILES string of the molecule is Clc1nc(Br)nc2sc(I)cc12. The fraction of sp³-hybridized carbons (Fsp3) is 0. The van der Waals surface area contributed by atoms with Crippen molar-refractivity contribution in [1.29, 1.82) is 0 Å². The van der Waals surface area contributed by atoms with Gasteiger partial charge in [0.2, 0.25) is 0 Å². The second-order valence-electron chi connectivity index (χ2n) is 2.05. The van der Waals surface area contributed by atoms with Gasteiger partial charge in [0.25, 0.3) is 0 Å². The molecule has 0 bridgehead atoms. The summed E-state index contributed by atoms with van der Waals surface area (Å²) in [6.45, 7) is 0. The summed E-state index contributed by atoms with van der Waals surface area (Å²) in [5, 5.41) is 1.43. The van der Waals surface area contributed by atoms with E-state index in [-0.39, 0.29) is 0 Å². The summed E-state index contributed by atoms with van der Waals surface area (Å²) >= 11 is 12.9. The van der Waals surface area contributed by atoms with Crippen molar-refractivity contribution in [3.8, 4) is 0 Å². The van der Waals surface area contributed by atoms with Crippen molar-refractivity contribution < 1.29 is 0 Å². The third-order valence-corrected chi connectivity index (χ3v) is 3.72. The molecule has 0 aliphatic carbocycles. The number of hydrogen-bond donors (Lipinski definition) is 0. The Morgan fingerprint density at radius 2 is 2.25 bits per heavy atom. The predicted molar refractivity (Wildman–Crippen MR) is 62.8 cm³/mol. The van der Waals surface area contributed by atoms with Crippen molar-refractivity contribution in [3.63, 3.8) is 0 Å². The average molecular weight is 375 g/mol. The lowest BCUT2D eigenvalue weighted by molar-refractivity contribution is 1.17. The van der Waals surface area contributed by atoms with Crippen LogP contribution >= 0.6 is 61.5 Å². The van der Waals surface area contributed by atoms with E-state index < -0.39 is 0 Å². The summed E-state index contributed by atoms with van der Waals surface area (Å²) in [6.07, 6.45) is 0. The molecule has 2 rings (SSSR count). The lowest BCUT2D eigenvalue weighted by atomic mass is 10.4. The third-order valence-electron chi connectivity index (χ3n) is 1.29. The Kier molecular flexibility index (Phi) is 2.55. The molecule has 2 aromatic rings. The number of fused-ring (bicyclic) bond motifs is 1. The minimum absolute atomic E-state index is 0.506. The van der Waals surface area contributed by atoms with Gasteiger partial charge in [0, 0.05) is 5.39 Å².